The van der Waals surface area contributed by atoms with Gasteiger partial charge < -0.3 is 23.7 Å². The predicted octanol–water partition coefficient (Wildman–Crippen LogP) is 5.66. The van der Waals surface area contributed by atoms with Crippen LogP contribution in [0.1, 0.15) is 64.8 Å². The second-order valence-corrected chi connectivity index (χ2v) is 15.4. The van der Waals surface area contributed by atoms with Crippen LogP contribution in [0.15, 0.2) is 36.5 Å². The summed E-state index contributed by atoms with van der Waals surface area (Å²) in [5.74, 6) is -0.661. The van der Waals surface area contributed by atoms with Crippen LogP contribution in [0.2, 0.25) is 0 Å². The predicted molar refractivity (Wildman–Crippen MR) is 186 cm³/mol. The van der Waals surface area contributed by atoms with E-state index in [4.69, 9.17) is 19.2 Å². The zero-order valence-corrected chi connectivity index (χ0v) is 30.0. The number of carbonyl (C=O) groups is 2. The molecule has 6 bridgehead atoms. The number of aryl methyl sites for hydroxylation is 1. The van der Waals surface area contributed by atoms with Crippen LogP contribution in [0.5, 0.6) is 0 Å². The number of amides is 1. The number of fused-ring (bicyclic) bond motifs is 6. The number of methoxy groups -OCH3 is 1. The maximum Gasteiger partial charge on any atom is 0.325 e. The lowest BCUT2D eigenvalue weighted by Gasteiger charge is -2.39. The van der Waals surface area contributed by atoms with Gasteiger partial charge in [0, 0.05) is 77.8 Å². The van der Waals surface area contributed by atoms with Gasteiger partial charge in [-0.2, -0.15) is 0 Å². The Morgan fingerprint density at radius 3 is 2.77 bits per heavy atom. The second kappa shape index (κ2) is 13.9. The number of rotatable bonds is 4. The summed E-state index contributed by atoms with van der Waals surface area (Å²) in [5.41, 5.74) is 9.35. The summed E-state index contributed by atoms with van der Waals surface area (Å²) >= 11 is 3.69. The highest BCUT2D eigenvalue weighted by molar-refractivity contribution is 9.09. The second-order valence-electron chi connectivity index (χ2n) is 14.1. The van der Waals surface area contributed by atoms with Gasteiger partial charge in [-0.25, -0.2) is 5.43 Å². The van der Waals surface area contributed by atoms with E-state index in [0.717, 1.165) is 41.2 Å². The van der Waals surface area contributed by atoms with Gasteiger partial charge in [-0.05, 0) is 69.0 Å². The number of esters is 1. The maximum absolute atomic E-state index is 13.6. The Morgan fingerprint density at radius 1 is 1.19 bits per heavy atom. The molecule has 6 rings (SSSR count). The topological polar surface area (TPSA) is 98.2 Å². The molecular weight excluding hydrogens is 662 g/mol. The number of cyclic esters (lactones) is 1. The number of nitrogens with one attached hydrogen (secondary N) is 1. The number of hydrogen-bond donors (Lipinski definition) is 1. The Labute approximate surface area is 286 Å². The van der Waals surface area contributed by atoms with Crippen LogP contribution >= 0.6 is 15.9 Å². The molecule has 3 aliphatic rings. The van der Waals surface area contributed by atoms with Crippen LogP contribution in [-0.4, -0.2) is 83.4 Å². The standard InChI is InChI=1S/C36H48BrN5O5/c1-7-41-31-11-10-25-17-28(31)29(33(41)27-9-8-12-38-32(27)23(3)45-6)18-36(4,5)21-47-35(44)30-16-24(37)19-42(39-30)34(43)22(2)15-26-20-40(25)13-14-46-26/h8-12,17,22-24,26,30,39H,7,13-16,18-21H2,1-6H3/t22?,23-,24?,26+,30-/m0/s1. The monoisotopic (exact) mass is 709 g/mol. The number of hydrazine groups is 1. The van der Waals surface area contributed by atoms with E-state index in [1.54, 1.807) is 12.1 Å². The molecule has 1 N–H and O–H groups in total. The Hall–Kier alpha value is -2.99. The van der Waals surface area contributed by atoms with E-state index in [1.165, 1.54) is 10.9 Å². The lowest BCUT2D eigenvalue weighted by atomic mass is 9.84. The molecule has 3 aliphatic heterocycles. The molecule has 2 saturated heterocycles. The first kappa shape index (κ1) is 33.9. The highest BCUT2D eigenvalue weighted by Crippen LogP contribution is 2.42. The molecule has 2 aromatic heterocycles. The van der Waals surface area contributed by atoms with Gasteiger partial charge in [-0.1, -0.05) is 36.7 Å². The fourth-order valence-electron chi connectivity index (χ4n) is 7.36. The molecular formula is C36H48BrN5O5. The van der Waals surface area contributed by atoms with E-state index in [1.807, 2.05) is 26.1 Å². The van der Waals surface area contributed by atoms with Gasteiger partial charge in [0.25, 0.3) is 0 Å². The first-order valence-electron chi connectivity index (χ1n) is 16.9. The summed E-state index contributed by atoms with van der Waals surface area (Å²) in [4.78, 5) is 34.3. The number of ether oxygens (including phenoxy) is 3. The van der Waals surface area contributed by atoms with Crippen LogP contribution in [0, 0.1) is 11.3 Å². The van der Waals surface area contributed by atoms with E-state index in [-0.39, 0.29) is 41.4 Å². The van der Waals surface area contributed by atoms with E-state index in [0.29, 0.717) is 39.0 Å². The molecule has 1 amide bonds. The summed E-state index contributed by atoms with van der Waals surface area (Å²) < 4.78 is 20.4. The first-order valence-corrected chi connectivity index (χ1v) is 17.8. The third kappa shape index (κ3) is 6.95. The molecule has 1 aromatic carbocycles. The molecule has 0 aliphatic carbocycles. The quantitative estimate of drug-likeness (QED) is 0.274. The van der Waals surface area contributed by atoms with E-state index in [9.17, 15) is 9.59 Å². The molecule has 47 heavy (non-hydrogen) atoms. The molecule has 2 fully saturated rings. The minimum Gasteiger partial charge on any atom is -0.464 e. The van der Waals surface area contributed by atoms with Crippen LogP contribution in [0.3, 0.4) is 0 Å². The lowest BCUT2D eigenvalue weighted by molar-refractivity contribution is -0.155. The van der Waals surface area contributed by atoms with Crippen molar-refractivity contribution < 1.29 is 23.8 Å². The molecule has 5 heterocycles. The molecule has 254 valence electrons. The average molecular weight is 711 g/mol. The third-order valence-corrected chi connectivity index (χ3v) is 10.5. The van der Waals surface area contributed by atoms with Crippen LogP contribution < -0.4 is 10.3 Å². The van der Waals surface area contributed by atoms with Crippen molar-refractivity contribution in [2.24, 2.45) is 11.3 Å². The zero-order chi connectivity index (χ0) is 33.5. The van der Waals surface area contributed by atoms with Gasteiger partial charge in [0.05, 0.1) is 36.8 Å². The Bertz CT molecular complexity index is 1620. The fraction of sp³-hybridized carbons (Fsp3) is 0.583. The maximum atomic E-state index is 13.6. The van der Waals surface area contributed by atoms with Crippen molar-refractivity contribution in [3.05, 3.63) is 47.8 Å². The molecule has 0 saturated carbocycles. The number of hydrogen-bond acceptors (Lipinski definition) is 8. The SMILES string of the molecule is CCn1c(-c2cccnc2[C@H](C)OC)c2c3cc(ccc31)N1CCO[C@H](CC(C)C(=O)N3CC(Br)C[C@H](N3)C(=O)OCC(C)(C)C2)C1. The van der Waals surface area contributed by atoms with Crippen molar-refractivity contribution in [1.29, 1.82) is 0 Å². The summed E-state index contributed by atoms with van der Waals surface area (Å²) in [6.45, 7) is 14.0. The lowest BCUT2D eigenvalue weighted by Crippen LogP contribution is -2.60. The number of morpholine rings is 1. The molecule has 11 heteroatoms. The number of benzene rings is 1. The number of alkyl halides is 1. The van der Waals surface area contributed by atoms with Crippen LogP contribution in [0.4, 0.5) is 5.69 Å². The van der Waals surface area contributed by atoms with Crippen LogP contribution in [-0.2, 0) is 36.8 Å². The van der Waals surface area contributed by atoms with Gasteiger partial charge in [-0.3, -0.25) is 19.6 Å². The normalized spacial score (nSPS) is 26.2. The largest absolute Gasteiger partial charge is 0.464 e. The number of carbonyl (C=O) groups excluding carboxylic acids is 2. The van der Waals surface area contributed by atoms with Gasteiger partial charge >= 0.3 is 5.97 Å². The number of halogens is 1. The van der Waals surface area contributed by atoms with Gasteiger partial charge in [0.15, 0.2) is 0 Å². The molecule has 3 aromatic rings. The molecule has 5 atom stereocenters. The highest BCUT2D eigenvalue weighted by Gasteiger charge is 2.37. The molecule has 2 unspecified atom stereocenters. The molecule has 10 nitrogen and oxygen atoms in total. The Kier molecular flexibility index (Phi) is 9.99. The molecule has 0 radical (unpaired) electrons. The van der Waals surface area contributed by atoms with E-state index >= 15 is 0 Å². The van der Waals surface area contributed by atoms with Gasteiger partial charge in [-0.15, -0.1) is 0 Å². The van der Waals surface area contributed by atoms with E-state index in [2.05, 4.69) is 75.9 Å². The molecule has 0 spiro atoms. The first-order chi connectivity index (χ1) is 22.5. The smallest absolute Gasteiger partial charge is 0.325 e. The summed E-state index contributed by atoms with van der Waals surface area (Å²) in [6.07, 6.45) is 3.34. The van der Waals surface area contributed by atoms with Crippen LogP contribution in [0.25, 0.3) is 22.2 Å². The van der Waals surface area contributed by atoms with Crippen molar-refractivity contribution in [3.63, 3.8) is 0 Å². The van der Waals surface area contributed by atoms with E-state index < -0.39 is 11.5 Å². The minimum atomic E-state index is -0.617. The van der Waals surface area contributed by atoms with Crippen molar-refractivity contribution in [2.75, 3.05) is 44.9 Å². The minimum absolute atomic E-state index is 0.0182. The van der Waals surface area contributed by atoms with Gasteiger partial charge in [0.2, 0.25) is 5.91 Å². The van der Waals surface area contributed by atoms with Crippen molar-refractivity contribution in [1.82, 2.24) is 20.0 Å². The fourth-order valence-corrected chi connectivity index (χ4v) is 8.02. The third-order valence-electron chi connectivity index (χ3n) is 9.84. The Balaban J connectivity index is 1.49. The summed E-state index contributed by atoms with van der Waals surface area (Å²) in [7, 11) is 1.71. The number of anilines is 1. The Morgan fingerprint density at radius 2 is 2.00 bits per heavy atom. The summed E-state index contributed by atoms with van der Waals surface area (Å²) in [5, 5.41) is 2.78. The number of pyridine rings is 1. The zero-order valence-electron chi connectivity index (χ0n) is 28.4. The summed E-state index contributed by atoms with van der Waals surface area (Å²) in [6, 6.07) is 10.3. The average Bonchev–Trinajstić information content (AvgIpc) is 3.37. The highest BCUT2D eigenvalue weighted by atomic mass is 79.9. The van der Waals surface area contributed by atoms with Crippen molar-refractivity contribution >= 4 is 44.4 Å². The number of nitrogens with zero attached hydrogens (tertiary/aromatic N) is 4. The number of aromatic nitrogens is 2. The van der Waals surface area contributed by atoms with Gasteiger partial charge in [0.1, 0.15) is 6.04 Å². The van der Waals surface area contributed by atoms with Crippen molar-refractivity contribution in [3.8, 4) is 11.3 Å². The van der Waals surface area contributed by atoms with Crippen molar-refractivity contribution in [2.45, 2.75) is 83.5 Å².